The Morgan fingerprint density at radius 2 is 1.90 bits per heavy atom. The van der Waals surface area contributed by atoms with Crippen LogP contribution in [0.4, 0.5) is 0 Å². The Morgan fingerprint density at radius 1 is 1.14 bits per heavy atom. The summed E-state index contributed by atoms with van der Waals surface area (Å²) in [6.45, 7) is 11.7. The SMILES string of the molecule is C=C/C=C\c1c(C)n(C(/C=C\C)=C/C=C)c2ccccc12. The second kappa shape index (κ2) is 6.76. The lowest BCUT2D eigenvalue weighted by Gasteiger charge is -2.09. The molecule has 0 N–H and O–H groups in total. The molecule has 21 heavy (non-hydrogen) atoms. The molecular formula is C20H21N. The van der Waals surface area contributed by atoms with Crippen molar-refractivity contribution < 1.29 is 0 Å². The molecule has 0 spiro atoms. The van der Waals surface area contributed by atoms with Gasteiger partial charge in [-0.1, -0.05) is 61.7 Å². The van der Waals surface area contributed by atoms with Crippen molar-refractivity contribution >= 4 is 22.7 Å². The molecule has 0 unspecified atom stereocenters. The third-order valence-corrected chi connectivity index (χ3v) is 3.44. The Labute approximate surface area is 126 Å². The molecule has 0 radical (unpaired) electrons. The van der Waals surface area contributed by atoms with E-state index in [1.54, 1.807) is 6.08 Å². The van der Waals surface area contributed by atoms with Gasteiger partial charge in [0, 0.05) is 22.3 Å². The molecule has 2 rings (SSSR count). The Kier molecular flexibility index (Phi) is 4.78. The van der Waals surface area contributed by atoms with Gasteiger partial charge < -0.3 is 4.57 Å². The van der Waals surface area contributed by atoms with Crippen molar-refractivity contribution in [3.05, 3.63) is 85.1 Å². The highest BCUT2D eigenvalue weighted by Gasteiger charge is 2.12. The van der Waals surface area contributed by atoms with Crippen LogP contribution in [-0.4, -0.2) is 4.57 Å². The molecular weight excluding hydrogens is 254 g/mol. The molecule has 2 aromatic rings. The van der Waals surface area contributed by atoms with Gasteiger partial charge in [0.25, 0.3) is 0 Å². The van der Waals surface area contributed by atoms with E-state index in [4.69, 9.17) is 0 Å². The zero-order valence-electron chi connectivity index (χ0n) is 12.7. The fourth-order valence-corrected chi connectivity index (χ4v) is 2.60. The Morgan fingerprint density at radius 3 is 2.57 bits per heavy atom. The van der Waals surface area contributed by atoms with Crippen molar-refractivity contribution in [2.24, 2.45) is 0 Å². The van der Waals surface area contributed by atoms with E-state index in [0.29, 0.717) is 0 Å². The predicted molar refractivity (Wildman–Crippen MR) is 95.2 cm³/mol. The number of fused-ring (bicyclic) bond motifs is 1. The zero-order chi connectivity index (χ0) is 15.2. The van der Waals surface area contributed by atoms with E-state index in [0.717, 1.165) is 5.70 Å². The molecule has 0 aliphatic heterocycles. The largest absolute Gasteiger partial charge is 0.313 e. The van der Waals surface area contributed by atoms with Crippen LogP contribution in [0.5, 0.6) is 0 Å². The first-order valence-electron chi connectivity index (χ1n) is 7.09. The molecule has 0 fully saturated rings. The minimum Gasteiger partial charge on any atom is -0.313 e. The summed E-state index contributed by atoms with van der Waals surface area (Å²) in [5.74, 6) is 0. The first-order valence-corrected chi connectivity index (χ1v) is 7.09. The zero-order valence-corrected chi connectivity index (χ0v) is 12.7. The maximum absolute atomic E-state index is 3.82. The Balaban J connectivity index is 2.83. The van der Waals surface area contributed by atoms with Crippen LogP contribution in [0.3, 0.4) is 0 Å². The number of allylic oxidation sites excluding steroid dienone is 7. The molecule has 1 aromatic heterocycles. The maximum Gasteiger partial charge on any atom is 0.0537 e. The van der Waals surface area contributed by atoms with Crippen molar-refractivity contribution in [2.75, 3.05) is 0 Å². The van der Waals surface area contributed by atoms with Gasteiger partial charge in [0.2, 0.25) is 0 Å². The highest BCUT2D eigenvalue weighted by molar-refractivity contribution is 5.94. The van der Waals surface area contributed by atoms with E-state index < -0.39 is 0 Å². The van der Waals surface area contributed by atoms with Gasteiger partial charge in [-0.2, -0.15) is 0 Å². The molecule has 1 heterocycles. The van der Waals surface area contributed by atoms with Crippen LogP contribution in [0.2, 0.25) is 0 Å². The van der Waals surface area contributed by atoms with E-state index in [-0.39, 0.29) is 0 Å². The van der Waals surface area contributed by atoms with Gasteiger partial charge in [-0.25, -0.2) is 0 Å². The van der Waals surface area contributed by atoms with Crippen LogP contribution < -0.4 is 0 Å². The van der Waals surface area contributed by atoms with Gasteiger partial charge in [-0.15, -0.1) is 0 Å². The molecule has 1 heteroatoms. The van der Waals surface area contributed by atoms with E-state index in [1.807, 2.05) is 31.2 Å². The monoisotopic (exact) mass is 275 g/mol. The number of nitrogens with zero attached hydrogens (tertiary/aromatic N) is 1. The van der Waals surface area contributed by atoms with Crippen molar-refractivity contribution in [3.8, 4) is 0 Å². The molecule has 0 atom stereocenters. The summed E-state index contributed by atoms with van der Waals surface area (Å²) < 4.78 is 2.26. The van der Waals surface area contributed by atoms with E-state index >= 15 is 0 Å². The van der Waals surface area contributed by atoms with Crippen LogP contribution in [0.1, 0.15) is 18.2 Å². The smallest absolute Gasteiger partial charge is 0.0537 e. The third-order valence-electron chi connectivity index (χ3n) is 3.44. The molecule has 106 valence electrons. The van der Waals surface area contributed by atoms with E-state index in [9.17, 15) is 0 Å². The summed E-state index contributed by atoms with van der Waals surface area (Å²) in [6.07, 6.45) is 13.9. The van der Waals surface area contributed by atoms with Gasteiger partial charge in [0.05, 0.1) is 5.52 Å². The molecule has 0 aliphatic carbocycles. The predicted octanol–water partition coefficient (Wildman–Crippen LogP) is 5.75. The molecule has 0 saturated heterocycles. The van der Waals surface area contributed by atoms with Crippen molar-refractivity contribution in [1.29, 1.82) is 0 Å². The molecule has 0 amide bonds. The number of rotatable bonds is 5. The normalized spacial score (nSPS) is 12.6. The maximum atomic E-state index is 3.82. The van der Waals surface area contributed by atoms with Crippen molar-refractivity contribution in [1.82, 2.24) is 4.57 Å². The molecule has 1 aromatic carbocycles. The third kappa shape index (κ3) is 2.82. The summed E-state index contributed by atoms with van der Waals surface area (Å²) in [5.41, 5.74) is 4.75. The lowest BCUT2D eigenvalue weighted by molar-refractivity contribution is 1.09. The van der Waals surface area contributed by atoms with Crippen LogP contribution in [0, 0.1) is 6.92 Å². The van der Waals surface area contributed by atoms with E-state index in [2.05, 4.69) is 61.1 Å². The van der Waals surface area contributed by atoms with Gasteiger partial charge in [0.1, 0.15) is 0 Å². The average molecular weight is 275 g/mol. The number of para-hydroxylation sites is 1. The van der Waals surface area contributed by atoms with Gasteiger partial charge >= 0.3 is 0 Å². The minimum atomic E-state index is 1.11. The summed E-state index contributed by atoms with van der Waals surface area (Å²) >= 11 is 0. The topological polar surface area (TPSA) is 4.93 Å². The standard InChI is InChI=1S/C20H21N/c1-5-8-13-18-16(4)21(17(11-6-2)12-7-3)20-15-10-9-14-19(18)20/h5-15H,1-2H2,3-4H3/b12-7-,13-8-,17-11+. The highest BCUT2D eigenvalue weighted by atomic mass is 15.0. The fraction of sp³-hybridized carbons (Fsp3) is 0.100. The molecule has 0 bridgehead atoms. The number of benzene rings is 1. The summed E-state index contributed by atoms with van der Waals surface area (Å²) in [6, 6.07) is 8.45. The van der Waals surface area contributed by atoms with Crippen LogP contribution in [0.15, 0.2) is 73.9 Å². The lowest BCUT2D eigenvalue weighted by atomic mass is 10.1. The first kappa shape index (κ1) is 14.9. The van der Waals surface area contributed by atoms with E-state index in [1.165, 1.54) is 22.2 Å². The highest BCUT2D eigenvalue weighted by Crippen LogP contribution is 2.30. The second-order valence-electron chi connectivity index (χ2n) is 4.77. The summed E-state index contributed by atoms with van der Waals surface area (Å²) in [4.78, 5) is 0. The quantitative estimate of drug-likeness (QED) is 0.612. The van der Waals surface area contributed by atoms with Gasteiger partial charge in [0.15, 0.2) is 0 Å². The van der Waals surface area contributed by atoms with Crippen LogP contribution in [0.25, 0.3) is 22.7 Å². The second-order valence-corrected chi connectivity index (χ2v) is 4.77. The first-order chi connectivity index (χ1) is 10.2. The van der Waals surface area contributed by atoms with Crippen LogP contribution >= 0.6 is 0 Å². The summed E-state index contributed by atoms with van der Waals surface area (Å²) in [5, 5.41) is 1.24. The number of aromatic nitrogens is 1. The minimum absolute atomic E-state index is 1.11. The Bertz CT molecular complexity index is 751. The van der Waals surface area contributed by atoms with Gasteiger partial charge in [-0.05, 0) is 32.1 Å². The molecule has 0 saturated carbocycles. The Hall–Kier alpha value is -2.54. The van der Waals surface area contributed by atoms with Gasteiger partial charge in [-0.3, -0.25) is 0 Å². The molecule has 1 nitrogen and oxygen atoms in total. The number of hydrogen-bond acceptors (Lipinski definition) is 0. The van der Waals surface area contributed by atoms with Crippen molar-refractivity contribution in [3.63, 3.8) is 0 Å². The average Bonchev–Trinajstić information content (AvgIpc) is 2.77. The van der Waals surface area contributed by atoms with Crippen LogP contribution in [-0.2, 0) is 0 Å². The number of hydrogen-bond donors (Lipinski definition) is 0. The summed E-state index contributed by atoms with van der Waals surface area (Å²) in [7, 11) is 0. The molecule has 0 aliphatic rings. The van der Waals surface area contributed by atoms with Crippen molar-refractivity contribution in [2.45, 2.75) is 13.8 Å². The fourth-order valence-electron chi connectivity index (χ4n) is 2.60. The lowest BCUT2D eigenvalue weighted by Crippen LogP contribution is -1.97.